The van der Waals surface area contributed by atoms with Gasteiger partial charge in [0.05, 0.1) is 0 Å². The topological polar surface area (TPSA) is 52.0 Å². The summed E-state index contributed by atoms with van der Waals surface area (Å²) in [6.07, 6.45) is 2.10. The monoisotopic (exact) mass is 298 g/mol. The second-order valence-electron chi connectivity index (χ2n) is 4.69. The molecule has 17 heavy (non-hydrogen) atoms. The summed E-state index contributed by atoms with van der Waals surface area (Å²) in [5, 5.41) is 0. The molecule has 1 atom stereocenters. The minimum Gasteiger partial charge on any atom is -0.330 e. The van der Waals surface area contributed by atoms with Crippen molar-refractivity contribution in [1.82, 2.24) is 0 Å². The molecule has 0 saturated carbocycles. The Bertz CT molecular complexity index is 348. The van der Waals surface area contributed by atoms with Gasteiger partial charge < -0.3 is 11.5 Å². The van der Waals surface area contributed by atoms with E-state index in [-0.39, 0.29) is 0 Å². The lowest BCUT2D eigenvalue weighted by molar-refractivity contribution is 0.372. The smallest absolute Gasteiger partial charge is 0.0209 e. The SMILES string of the molecule is CCc1ccc(CC(C)C(CN)CN)cc1Br. The van der Waals surface area contributed by atoms with Crippen molar-refractivity contribution in [2.24, 2.45) is 23.3 Å². The summed E-state index contributed by atoms with van der Waals surface area (Å²) in [6.45, 7) is 5.74. The van der Waals surface area contributed by atoms with Gasteiger partial charge in [0.2, 0.25) is 0 Å². The zero-order valence-corrected chi connectivity index (χ0v) is 12.3. The van der Waals surface area contributed by atoms with Crippen LogP contribution in [0.3, 0.4) is 0 Å². The van der Waals surface area contributed by atoms with Crippen LogP contribution in [0.15, 0.2) is 22.7 Å². The van der Waals surface area contributed by atoms with Gasteiger partial charge in [0.25, 0.3) is 0 Å². The average molecular weight is 299 g/mol. The molecule has 0 aliphatic rings. The van der Waals surface area contributed by atoms with E-state index in [4.69, 9.17) is 11.5 Å². The summed E-state index contributed by atoms with van der Waals surface area (Å²) in [4.78, 5) is 0. The van der Waals surface area contributed by atoms with Crippen molar-refractivity contribution in [3.63, 3.8) is 0 Å². The molecule has 0 fully saturated rings. The summed E-state index contributed by atoms with van der Waals surface area (Å²) >= 11 is 3.62. The van der Waals surface area contributed by atoms with Crippen molar-refractivity contribution in [1.29, 1.82) is 0 Å². The molecule has 0 aliphatic carbocycles. The summed E-state index contributed by atoms with van der Waals surface area (Å²) in [5.41, 5.74) is 14.2. The Morgan fingerprint density at radius 2 is 1.88 bits per heavy atom. The van der Waals surface area contributed by atoms with E-state index in [0.29, 0.717) is 24.9 Å². The number of benzene rings is 1. The fourth-order valence-electron chi connectivity index (χ4n) is 2.10. The fraction of sp³-hybridized carbons (Fsp3) is 0.571. The van der Waals surface area contributed by atoms with E-state index in [2.05, 4.69) is 48.0 Å². The largest absolute Gasteiger partial charge is 0.330 e. The first kappa shape index (κ1) is 14.7. The molecule has 0 radical (unpaired) electrons. The zero-order chi connectivity index (χ0) is 12.8. The lowest BCUT2D eigenvalue weighted by Crippen LogP contribution is -2.30. The molecule has 0 aliphatic heterocycles. The predicted octanol–water partition coefficient (Wildman–Crippen LogP) is 2.72. The third-order valence-corrected chi connectivity index (χ3v) is 4.20. The molecule has 96 valence electrons. The van der Waals surface area contributed by atoms with Crippen LogP contribution in [0, 0.1) is 11.8 Å². The highest BCUT2D eigenvalue weighted by atomic mass is 79.9. The van der Waals surface area contributed by atoms with Crippen LogP contribution in [0.4, 0.5) is 0 Å². The Kier molecular flexibility index (Phi) is 6.17. The van der Waals surface area contributed by atoms with Gasteiger partial charge >= 0.3 is 0 Å². The summed E-state index contributed by atoms with van der Waals surface area (Å²) in [6, 6.07) is 6.63. The number of aryl methyl sites for hydroxylation is 1. The standard InChI is InChI=1S/C14H23BrN2/c1-3-12-5-4-11(7-14(12)15)6-10(2)13(8-16)9-17/h4-5,7,10,13H,3,6,8-9,16-17H2,1-2H3. The van der Waals surface area contributed by atoms with Crippen molar-refractivity contribution in [3.05, 3.63) is 33.8 Å². The lowest BCUT2D eigenvalue weighted by atomic mass is 9.88. The molecule has 1 aromatic rings. The number of hydrogen-bond donors (Lipinski definition) is 2. The highest BCUT2D eigenvalue weighted by Crippen LogP contribution is 2.22. The molecule has 0 bridgehead atoms. The van der Waals surface area contributed by atoms with Gasteiger partial charge in [-0.3, -0.25) is 0 Å². The quantitative estimate of drug-likeness (QED) is 0.848. The van der Waals surface area contributed by atoms with Crippen LogP contribution in [-0.4, -0.2) is 13.1 Å². The Labute approximate surface area is 113 Å². The van der Waals surface area contributed by atoms with Crippen LogP contribution in [0.2, 0.25) is 0 Å². The van der Waals surface area contributed by atoms with E-state index >= 15 is 0 Å². The van der Waals surface area contributed by atoms with E-state index in [1.54, 1.807) is 0 Å². The molecule has 4 N–H and O–H groups in total. The molecule has 0 heterocycles. The van der Waals surface area contributed by atoms with Crippen LogP contribution in [0.25, 0.3) is 0 Å². The zero-order valence-electron chi connectivity index (χ0n) is 10.7. The second kappa shape index (κ2) is 7.14. The highest BCUT2D eigenvalue weighted by molar-refractivity contribution is 9.10. The first-order valence-electron chi connectivity index (χ1n) is 6.29. The maximum atomic E-state index is 5.72. The maximum Gasteiger partial charge on any atom is 0.0209 e. The van der Waals surface area contributed by atoms with E-state index in [1.807, 2.05) is 0 Å². The Hall–Kier alpha value is -0.380. The molecule has 0 amide bonds. The van der Waals surface area contributed by atoms with Crippen LogP contribution < -0.4 is 11.5 Å². The van der Waals surface area contributed by atoms with E-state index < -0.39 is 0 Å². The predicted molar refractivity (Wildman–Crippen MR) is 78.0 cm³/mol. The van der Waals surface area contributed by atoms with Gasteiger partial charge in [0.15, 0.2) is 0 Å². The van der Waals surface area contributed by atoms with Gasteiger partial charge in [-0.15, -0.1) is 0 Å². The van der Waals surface area contributed by atoms with Gasteiger partial charge in [-0.25, -0.2) is 0 Å². The number of hydrogen-bond acceptors (Lipinski definition) is 2. The van der Waals surface area contributed by atoms with Gasteiger partial charge in [-0.05, 0) is 55.0 Å². The summed E-state index contributed by atoms with van der Waals surface area (Å²) in [5.74, 6) is 0.948. The van der Waals surface area contributed by atoms with E-state index in [1.165, 1.54) is 15.6 Å². The molecule has 0 saturated heterocycles. The van der Waals surface area contributed by atoms with Crippen LogP contribution in [0.5, 0.6) is 0 Å². The van der Waals surface area contributed by atoms with Crippen molar-refractivity contribution in [3.8, 4) is 0 Å². The normalized spacial score (nSPS) is 13.1. The molecule has 0 aromatic heterocycles. The molecule has 3 heteroatoms. The fourth-order valence-corrected chi connectivity index (χ4v) is 2.81. The van der Waals surface area contributed by atoms with E-state index in [9.17, 15) is 0 Å². The Balaban J connectivity index is 2.71. The van der Waals surface area contributed by atoms with Crippen LogP contribution in [-0.2, 0) is 12.8 Å². The van der Waals surface area contributed by atoms with E-state index in [0.717, 1.165) is 12.8 Å². The molecule has 1 rings (SSSR count). The molecular formula is C14H23BrN2. The first-order valence-corrected chi connectivity index (χ1v) is 7.09. The first-order chi connectivity index (χ1) is 8.12. The molecule has 1 unspecified atom stereocenters. The second-order valence-corrected chi connectivity index (χ2v) is 5.55. The molecule has 2 nitrogen and oxygen atoms in total. The Morgan fingerprint density at radius 1 is 1.24 bits per heavy atom. The van der Waals surface area contributed by atoms with Gasteiger partial charge in [-0.1, -0.05) is 41.9 Å². The van der Waals surface area contributed by atoms with Crippen molar-refractivity contribution in [2.45, 2.75) is 26.7 Å². The van der Waals surface area contributed by atoms with Gasteiger partial charge in [-0.2, -0.15) is 0 Å². The van der Waals surface area contributed by atoms with Crippen LogP contribution in [0.1, 0.15) is 25.0 Å². The summed E-state index contributed by atoms with van der Waals surface area (Å²) in [7, 11) is 0. The minimum absolute atomic E-state index is 0.416. The van der Waals surface area contributed by atoms with Gasteiger partial charge in [0, 0.05) is 4.47 Å². The number of halogens is 1. The van der Waals surface area contributed by atoms with Crippen molar-refractivity contribution >= 4 is 15.9 Å². The third-order valence-electron chi connectivity index (χ3n) is 3.47. The number of rotatable bonds is 6. The highest BCUT2D eigenvalue weighted by Gasteiger charge is 2.14. The molecular weight excluding hydrogens is 276 g/mol. The third kappa shape index (κ3) is 4.09. The van der Waals surface area contributed by atoms with Gasteiger partial charge in [0.1, 0.15) is 0 Å². The minimum atomic E-state index is 0.416. The van der Waals surface area contributed by atoms with Crippen molar-refractivity contribution in [2.75, 3.05) is 13.1 Å². The lowest BCUT2D eigenvalue weighted by Gasteiger charge is -2.21. The Morgan fingerprint density at radius 3 is 2.35 bits per heavy atom. The maximum absolute atomic E-state index is 5.72. The van der Waals surface area contributed by atoms with Crippen LogP contribution >= 0.6 is 15.9 Å². The summed E-state index contributed by atoms with van der Waals surface area (Å²) < 4.78 is 1.21. The molecule has 0 spiro atoms. The van der Waals surface area contributed by atoms with Crippen molar-refractivity contribution < 1.29 is 0 Å². The molecule has 1 aromatic carbocycles. The average Bonchev–Trinajstić information content (AvgIpc) is 2.31. The number of nitrogens with two attached hydrogens (primary N) is 2.